The Balaban J connectivity index is 1.82. The van der Waals surface area contributed by atoms with E-state index in [1.165, 1.54) is 31.2 Å². The number of benzene rings is 1. The largest absolute Gasteiger partial charge is 0.496 e. The molecule has 1 aliphatic carbocycles. The Bertz CT molecular complexity index is 408. The summed E-state index contributed by atoms with van der Waals surface area (Å²) in [4.78, 5) is 2.41. The molecule has 1 aromatic carbocycles. The minimum Gasteiger partial charge on any atom is -0.496 e. The van der Waals surface area contributed by atoms with Crippen molar-refractivity contribution in [3.05, 3.63) is 29.8 Å². The lowest BCUT2D eigenvalue weighted by Crippen LogP contribution is -2.31. The molecule has 0 saturated heterocycles. The molecule has 1 N–H and O–H groups in total. The number of hydrogen-bond donors (Lipinski definition) is 1. The Kier molecular flexibility index (Phi) is 5.86. The smallest absolute Gasteiger partial charge is 0.123 e. The molecule has 1 aromatic rings. The van der Waals surface area contributed by atoms with E-state index < -0.39 is 0 Å². The van der Waals surface area contributed by atoms with Crippen LogP contribution in [0.3, 0.4) is 0 Å². The van der Waals surface area contributed by atoms with E-state index in [1.807, 2.05) is 12.1 Å². The van der Waals surface area contributed by atoms with Crippen LogP contribution in [0.25, 0.3) is 0 Å². The number of hydrogen-bond acceptors (Lipinski definition) is 3. The molecule has 0 amide bonds. The van der Waals surface area contributed by atoms with E-state index in [2.05, 4.69) is 36.4 Å². The van der Waals surface area contributed by atoms with Crippen molar-refractivity contribution in [2.75, 3.05) is 27.7 Å². The Morgan fingerprint density at radius 3 is 2.85 bits per heavy atom. The van der Waals surface area contributed by atoms with Crippen LogP contribution in [-0.4, -0.2) is 38.7 Å². The molecule has 0 heterocycles. The van der Waals surface area contributed by atoms with Gasteiger partial charge in [-0.25, -0.2) is 0 Å². The summed E-state index contributed by atoms with van der Waals surface area (Å²) in [5.74, 6) is 1.84. The van der Waals surface area contributed by atoms with Crippen molar-refractivity contribution in [3.8, 4) is 5.75 Å². The predicted molar refractivity (Wildman–Crippen MR) is 84.1 cm³/mol. The Morgan fingerprint density at radius 2 is 2.10 bits per heavy atom. The molecule has 0 bridgehead atoms. The van der Waals surface area contributed by atoms with Crippen LogP contribution in [0, 0.1) is 5.92 Å². The fraction of sp³-hybridized carbons (Fsp3) is 0.647. The molecule has 0 aromatic heterocycles. The third kappa shape index (κ3) is 3.97. The van der Waals surface area contributed by atoms with Crippen molar-refractivity contribution < 1.29 is 4.74 Å². The van der Waals surface area contributed by atoms with Crippen molar-refractivity contribution >= 4 is 0 Å². The lowest BCUT2D eigenvalue weighted by Gasteiger charge is -2.23. The molecule has 112 valence electrons. The lowest BCUT2D eigenvalue weighted by atomic mass is 9.99. The monoisotopic (exact) mass is 276 g/mol. The fourth-order valence-electron chi connectivity index (χ4n) is 3.35. The lowest BCUT2D eigenvalue weighted by molar-refractivity contribution is 0.274. The first-order valence-electron chi connectivity index (χ1n) is 7.72. The number of para-hydroxylation sites is 1. The van der Waals surface area contributed by atoms with E-state index in [0.29, 0.717) is 0 Å². The Morgan fingerprint density at radius 1 is 1.30 bits per heavy atom. The average Bonchev–Trinajstić information content (AvgIpc) is 2.93. The molecular formula is C17H28N2O. The standard InChI is InChI=1S/C17H28N2O/c1-18-16-9-6-8-14(16)11-12-19(2)13-15-7-4-5-10-17(15)20-3/h4-5,7,10,14,16,18H,6,8-9,11-13H2,1-3H3. The number of ether oxygens (including phenoxy) is 1. The maximum atomic E-state index is 5.42. The maximum Gasteiger partial charge on any atom is 0.123 e. The first kappa shape index (κ1) is 15.3. The molecule has 0 spiro atoms. The molecule has 2 unspecified atom stereocenters. The van der Waals surface area contributed by atoms with Crippen LogP contribution in [0.2, 0.25) is 0 Å². The van der Waals surface area contributed by atoms with Crippen LogP contribution in [0.1, 0.15) is 31.2 Å². The van der Waals surface area contributed by atoms with Crippen molar-refractivity contribution in [3.63, 3.8) is 0 Å². The van der Waals surface area contributed by atoms with Gasteiger partial charge in [-0.2, -0.15) is 0 Å². The van der Waals surface area contributed by atoms with Gasteiger partial charge in [0.05, 0.1) is 7.11 Å². The maximum absolute atomic E-state index is 5.42. The third-order valence-electron chi connectivity index (χ3n) is 4.54. The molecular weight excluding hydrogens is 248 g/mol. The third-order valence-corrected chi connectivity index (χ3v) is 4.54. The zero-order valence-electron chi connectivity index (χ0n) is 13.1. The van der Waals surface area contributed by atoms with Crippen LogP contribution in [0.4, 0.5) is 0 Å². The van der Waals surface area contributed by atoms with Crippen molar-refractivity contribution in [2.24, 2.45) is 5.92 Å². The van der Waals surface area contributed by atoms with Crippen LogP contribution >= 0.6 is 0 Å². The van der Waals surface area contributed by atoms with Gasteiger partial charge in [0.2, 0.25) is 0 Å². The molecule has 1 saturated carbocycles. The molecule has 0 radical (unpaired) electrons. The number of rotatable bonds is 7. The van der Waals surface area contributed by atoms with E-state index in [-0.39, 0.29) is 0 Å². The quantitative estimate of drug-likeness (QED) is 0.829. The van der Waals surface area contributed by atoms with Gasteiger partial charge in [0.25, 0.3) is 0 Å². The zero-order chi connectivity index (χ0) is 14.4. The summed E-state index contributed by atoms with van der Waals surface area (Å²) in [6, 6.07) is 9.03. The highest BCUT2D eigenvalue weighted by Crippen LogP contribution is 2.28. The highest BCUT2D eigenvalue weighted by molar-refractivity contribution is 5.32. The summed E-state index contributed by atoms with van der Waals surface area (Å²) in [6.07, 6.45) is 5.40. The first-order chi connectivity index (χ1) is 9.74. The summed E-state index contributed by atoms with van der Waals surface area (Å²) in [5.41, 5.74) is 1.27. The van der Waals surface area contributed by atoms with Gasteiger partial charge in [-0.15, -0.1) is 0 Å². The molecule has 1 aliphatic rings. The Hall–Kier alpha value is -1.06. The summed E-state index contributed by atoms with van der Waals surface area (Å²) in [5, 5.41) is 3.47. The second kappa shape index (κ2) is 7.65. The van der Waals surface area contributed by atoms with Crippen LogP contribution in [0.5, 0.6) is 5.75 Å². The van der Waals surface area contributed by atoms with Crippen LogP contribution in [-0.2, 0) is 6.54 Å². The van der Waals surface area contributed by atoms with Crippen molar-refractivity contribution in [2.45, 2.75) is 38.3 Å². The van der Waals surface area contributed by atoms with Crippen molar-refractivity contribution in [1.29, 1.82) is 0 Å². The van der Waals surface area contributed by atoms with Gasteiger partial charge in [-0.1, -0.05) is 24.6 Å². The SMILES string of the molecule is CNC1CCCC1CCN(C)Cc1ccccc1OC. The van der Waals surface area contributed by atoms with Gasteiger partial charge in [-0.3, -0.25) is 0 Å². The van der Waals surface area contributed by atoms with Gasteiger partial charge >= 0.3 is 0 Å². The minimum absolute atomic E-state index is 0.731. The predicted octanol–water partition coefficient (Wildman–Crippen LogP) is 2.91. The van der Waals surface area contributed by atoms with Gasteiger partial charge in [-0.05, 0) is 51.9 Å². The normalized spacial score (nSPS) is 22.4. The van der Waals surface area contributed by atoms with Gasteiger partial charge in [0.1, 0.15) is 5.75 Å². The molecule has 1 fully saturated rings. The molecule has 2 atom stereocenters. The van der Waals surface area contributed by atoms with Crippen LogP contribution in [0.15, 0.2) is 24.3 Å². The van der Waals surface area contributed by atoms with E-state index >= 15 is 0 Å². The number of nitrogens with one attached hydrogen (secondary N) is 1. The molecule has 20 heavy (non-hydrogen) atoms. The van der Waals surface area contributed by atoms with E-state index in [0.717, 1.165) is 30.8 Å². The van der Waals surface area contributed by atoms with E-state index in [1.54, 1.807) is 7.11 Å². The fourth-order valence-corrected chi connectivity index (χ4v) is 3.35. The van der Waals surface area contributed by atoms with Gasteiger partial charge in [0.15, 0.2) is 0 Å². The molecule has 0 aliphatic heterocycles. The van der Waals surface area contributed by atoms with Gasteiger partial charge in [0, 0.05) is 18.2 Å². The summed E-state index contributed by atoms with van der Waals surface area (Å²) < 4.78 is 5.42. The van der Waals surface area contributed by atoms with E-state index in [4.69, 9.17) is 4.74 Å². The number of methoxy groups -OCH3 is 1. The summed E-state index contributed by atoms with van der Waals surface area (Å²) >= 11 is 0. The number of nitrogens with zero attached hydrogens (tertiary/aromatic N) is 1. The average molecular weight is 276 g/mol. The van der Waals surface area contributed by atoms with Gasteiger partial charge < -0.3 is 15.0 Å². The van der Waals surface area contributed by atoms with Crippen LogP contribution < -0.4 is 10.1 Å². The summed E-state index contributed by atoms with van der Waals surface area (Å²) in [7, 11) is 6.05. The molecule has 3 nitrogen and oxygen atoms in total. The second-order valence-corrected chi connectivity index (χ2v) is 5.92. The topological polar surface area (TPSA) is 24.5 Å². The summed E-state index contributed by atoms with van der Waals surface area (Å²) in [6.45, 7) is 2.11. The minimum atomic E-state index is 0.731. The highest BCUT2D eigenvalue weighted by atomic mass is 16.5. The van der Waals surface area contributed by atoms with E-state index in [9.17, 15) is 0 Å². The zero-order valence-corrected chi connectivity index (χ0v) is 13.1. The second-order valence-electron chi connectivity index (χ2n) is 5.92. The Labute approximate surface area is 123 Å². The van der Waals surface area contributed by atoms with Crippen molar-refractivity contribution in [1.82, 2.24) is 10.2 Å². The first-order valence-corrected chi connectivity index (χ1v) is 7.72. The highest BCUT2D eigenvalue weighted by Gasteiger charge is 2.25. The molecule has 2 rings (SSSR count). The molecule has 3 heteroatoms.